The molecule has 208 valence electrons. The van der Waals surface area contributed by atoms with Crippen molar-refractivity contribution in [3.05, 3.63) is 131 Å². The summed E-state index contributed by atoms with van der Waals surface area (Å²) >= 11 is 0. The summed E-state index contributed by atoms with van der Waals surface area (Å²) in [6.45, 7) is 2.70. The van der Waals surface area contributed by atoms with E-state index in [0.717, 1.165) is 24.0 Å². The lowest BCUT2D eigenvalue weighted by Gasteiger charge is -2.26. The van der Waals surface area contributed by atoms with Crippen molar-refractivity contribution in [2.45, 2.75) is 51.2 Å². The second kappa shape index (κ2) is 14.9. The number of aliphatic hydroxyl groups excluding tert-OH is 1. The minimum absolute atomic E-state index is 0.0405. The summed E-state index contributed by atoms with van der Waals surface area (Å²) in [7, 11) is 1.33. The maximum atomic E-state index is 12.8. The van der Waals surface area contributed by atoms with Crippen molar-refractivity contribution in [3.63, 3.8) is 0 Å². The van der Waals surface area contributed by atoms with E-state index in [0.29, 0.717) is 30.3 Å². The first-order valence-corrected chi connectivity index (χ1v) is 13.6. The van der Waals surface area contributed by atoms with E-state index in [1.807, 2.05) is 85.8 Å². The molecular formula is C34H37NO5. The quantitative estimate of drug-likeness (QED) is 0.191. The Hall–Kier alpha value is -4.13. The lowest BCUT2D eigenvalue weighted by molar-refractivity contribution is -0.146. The number of carbonyl (C=O) groups excluding carboxylic acids is 1. The molecular weight excluding hydrogens is 502 g/mol. The molecule has 0 aliphatic carbocycles. The average Bonchev–Trinajstić information content (AvgIpc) is 3.01. The van der Waals surface area contributed by atoms with Gasteiger partial charge in [0.05, 0.1) is 7.11 Å². The van der Waals surface area contributed by atoms with E-state index in [4.69, 9.17) is 14.2 Å². The van der Waals surface area contributed by atoms with Gasteiger partial charge in [0.25, 0.3) is 0 Å². The smallest absolute Gasteiger partial charge is 0.325 e. The first-order chi connectivity index (χ1) is 19.5. The van der Waals surface area contributed by atoms with Crippen LogP contribution in [-0.2, 0) is 29.2 Å². The van der Waals surface area contributed by atoms with Gasteiger partial charge in [0.1, 0.15) is 25.4 Å². The Bertz CT molecular complexity index is 1310. The monoisotopic (exact) mass is 539 g/mol. The number of hydrogen-bond donors (Lipinski definition) is 2. The summed E-state index contributed by atoms with van der Waals surface area (Å²) < 4.78 is 17.3. The van der Waals surface area contributed by atoms with Gasteiger partial charge in [-0.25, -0.2) is 0 Å². The Kier molecular flexibility index (Phi) is 10.7. The summed E-state index contributed by atoms with van der Waals surface area (Å²) in [6.07, 6.45) is 0.486. The number of esters is 1. The van der Waals surface area contributed by atoms with Crippen LogP contribution in [0.3, 0.4) is 0 Å². The number of aliphatic hydroxyl groups is 1. The Morgan fingerprint density at radius 3 is 1.82 bits per heavy atom. The zero-order chi connectivity index (χ0) is 28.2. The number of hydrogen-bond acceptors (Lipinski definition) is 6. The van der Waals surface area contributed by atoms with E-state index in [1.165, 1.54) is 12.7 Å². The Morgan fingerprint density at radius 1 is 0.750 bits per heavy atom. The number of benzene rings is 4. The van der Waals surface area contributed by atoms with Gasteiger partial charge in [0.2, 0.25) is 0 Å². The minimum atomic E-state index is -1.16. The van der Waals surface area contributed by atoms with Crippen LogP contribution in [0.15, 0.2) is 109 Å². The van der Waals surface area contributed by atoms with Gasteiger partial charge in [-0.3, -0.25) is 10.1 Å². The Balaban J connectivity index is 1.51. The molecule has 3 atom stereocenters. The summed E-state index contributed by atoms with van der Waals surface area (Å²) in [4.78, 5) is 12.8. The third-order valence-corrected chi connectivity index (χ3v) is 6.73. The summed E-state index contributed by atoms with van der Waals surface area (Å²) in [6, 6.07) is 34.2. The van der Waals surface area contributed by atoms with Crippen LogP contribution < -0.4 is 14.8 Å². The molecule has 4 aromatic rings. The van der Waals surface area contributed by atoms with Crippen LogP contribution in [0.5, 0.6) is 11.5 Å². The first kappa shape index (κ1) is 28.9. The molecule has 0 amide bonds. The number of ether oxygens (including phenoxy) is 3. The molecule has 0 aliphatic heterocycles. The van der Waals surface area contributed by atoms with Crippen molar-refractivity contribution >= 4 is 5.97 Å². The lowest BCUT2D eigenvalue weighted by atomic mass is 9.99. The van der Waals surface area contributed by atoms with Gasteiger partial charge in [-0.15, -0.1) is 0 Å². The maximum absolute atomic E-state index is 12.8. The van der Waals surface area contributed by atoms with Crippen molar-refractivity contribution in [1.82, 2.24) is 5.32 Å². The fraction of sp³-hybridized carbons (Fsp3) is 0.265. The fourth-order valence-electron chi connectivity index (χ4n) is 4.44. The molecule has 4 rings (SSSR count). The zero-order valence-electron chi connectivity index (χ0n) is 23.0. The predicted molar refractivity (Wildman–Crippen MR) is 156 cm³/mol. The predicted octanol–water partition coefficient (Wildman–Crippen LogP) is 6.03. The second-order valence-electron chi connectivity index (χ2n) is 9.79. The Morgan fingerprint density at radius 2 is 1.27 bits per heavy atom. The molecule has 4 aromatic carbocycles. The highest BCUT2D eigenvalue weighted by atomic mass is 16.5. The van der Waals surface area contributed by atoms with E-state index < -0.39 is 18.1 Å². The molecule has 40 heavy (non-hydrogen) atoms. The van der Waals surface area contributed by atoms with E-state index >= 15 is 0 Å². The van der Waals surface area contributed by atoms with E-state index in [-0.39, 0.29) is 6.04 Å². The van der Waals surface area contributed by atoms with E-state index in [2.05, 4.69) is 17.4 Å². The molecule has 0 aliphatic rings. The van der Waals surface area contributed by atoms with E-state index in [1.54, 1.807) is 18.2 Å². The summed E-state index contributed by atoms with van der Waals surface area (Å²) in [5, 5.41) is 14.6. The molecule has 0 aromatic heterocycles. The van der Waals surface area contributed by atoms with Crippen LogP contribution in [0.1, 0.15) is 41.7 Å². The SMILES string of the molecule is COC(=O)[C@@H](NC(C)CCc1ccccc1)C(O)c1ccc(OCc2ccccc2)c(OCc2ccccc2)c1. The topological polar surface area (TPSA) is 77.0 Å². The number of nitrogens with one attached hydrogen (secondary N) is 1. The van der Waals surface area contributed by atoms with Crippen LogP contribution in [-0.4, -0.2) is 30.3 Å². The minimum Gasteiger partial charge on any atom is -0.485 e. The lowest BCUT2D eigenvalue weighted by Crippen LogP contribution is -2.46. The van der Waals surface area contributed by atoms with Crippen LogP contribution in [0.25, 0.3) is 0 Å². The number of methoxy groups -OCH3 is 1. The standard InChI is InChI=1S/C34H37NO5/c1-25(18-19-26-12-6-3-7-13-26)35-32(34(37)38-2)33(36)29-20-21-30(39-23-27-14-8-4-9-15-27)31(22-29)40-24-28-16-10-5-11-17-28/h3-17,20-22,25,32-33,35-36H,18-19,23-24H2,1-2H3/t25?,32-,33?/m0/s1. The third kappa shape index (κ3) is 8.43. The molecule has 0 fully saturated rings. The summed E-state index contributed by atoms with van der Waals surface area (Å²) in [5.74, 6) is 0.502. The van der Waals surface area contributed by atoms with Crippen LogP contribution in [0.4, 0.5) is 0 Å². The number of rotatable bonds is 14. The first-order valence-electron chi connectivity index (χ1n) is 13.6. The number of aryl methyl sites for hydroxylation is 1. The molecule has 6 heteroatoms. The second-order valence-corrected chi connectivity index (χ2v) is 9.79. The number of carbonyl (C=O) groups is 1. The molecule has 2 N–H and O–H groups in total. The molecule has 2 unspecified atom stereocenters. The average molecular weight is 540 g/mol. The molecule has 6 nitrogen and oxygen atoms in total. The van der Waals surface area contributed by atoms with Gasteiger partial charge in [-0.2, -0.15) is 0 Å². The van der Waals surface area contributed by atoms with Crippen LogP contribution in [0, 0.1) is 0 Å². The van der Waals surface area contributed by atoms with Crippen molar-refractivity contribution in [2.75, 3.05) is 7.11 Å². The van der Waals surface area contributed by atoms with E-state index in [9.17, 15) is 9.90 Å². The van der Waals surface area contributed by atoms with Crippen molar-refractivity contribution in [1.29, 1.82) is 0 Å². The van der Waals surface area contributed by atoms with Gasteiger partial charge in [0, 0.05) is 6.04 Å². The van der Waals surface area contributed by atoms with Crippen LogP contribution in [0.2, 0.25) is 0 Å². The highest BCUT2D eigenvalue weighted by Gasteiger charge is 2.31. The summed E-state index contributed by atoms with van der Waals surface area (Å²) in [5.41, 5.74) is 3.77. The third-order valence-electron chi connectivity index (χ3n) is 6.73. The molecule has 0 spiro atoms. The molecule has 0 heterocycles. The fourth-order valence-corrected chi connectivity index (χ4v) is 4.44. The highest BCUT2D eigenvalue weighted by Crippen LogP contribution is 2.33. The van der Waals surface area contributed by atoms with Crippen LogP contribution >= 0.6 is 0 Å². The van der Waals surface area contributed by atoms with Gasteiger partial charge < -0.3 is 19.3 Å². The van der Waals surface area contributed by atoms with Crippen molar-refractivity contribution < 1.29 is 24.1 Å². The van der Waals surface area contributed by atoms with Gasteiger partial charge in [0.15, 0.2) is 11.5 Å². The van der Waals surface area contributed by atoms with Gasteiger partial charge in [-0.1, -0.05) is 97.1 Å². The van der Waals surface area contributed by atoms with Crippen molar-refractivity contribution in [2.24, 2.45) is 0 Å². The largest absolute Gasteiger partial charge is 0.485 e. The highest BCUT2D eigenvalue weighted by molar-refractivity contribution is 5.77. The van der Waals surface area contributed by atoms with Crippen molar-refractivity contribution in [3.8, 4) is 11.5 Å². The maximum Gasteiger partial charge on any atom is 0.325 e. The van der Waals surface area contributed by atoms with Gasteiger partial charge in [-0.05, 0) is 54.2 Å². The Labute approximate surface area is 236 Å². The normalized spacial score (nSPS) is 13.2. The molecule has 0 bridgehead atoms. The zero-order valence-corrected chi connectivity index (χ0v) is 23.0. The molecule has 0 saturated carbocycles. The molecule has 0 saturated heterocycles. The molecule has 0 radical (unpaired) electrons. The van der Waals surface area contributed by atoms with Gasteiger partial charge >= 0.3 is 5.97 Å².